The minimum Gasteiger partial charge on any atom is -0.334 e. The summed E-state index contributed by atoms with van der Waals surface area (Å²) in [7, 11) is 1.89. The summed E-state index contributed by atoms with van der Waals surface area (Å²) in [6.45, 7) is 4.33. The van der Waals surface area contributed by atoms with E-state index < -0.39 is 0 Å². The molecule has 23 heavy (non-hydrogen) atoms. The lowest BCUT2D eigenvalue weighted by Gasteiger charge is -2.40. The molecule has 0 unspecified atom stereocenters. The fourth-order valence-corrected chi connectivity index (χ4v) is 4.77. The molecule has 4 rings (SSSR count). The van der Waals surface area contributed by atoms with E-state index >= 15 is 0 Å². The Balaban J connectivity index is 1.23. The minimum absolute atomic E-state index is 0.0569. The zero-order valence-electron chi connectivity index (χ0n) is 13.9. The maximum absolute atomic E-state index is 12.3. The number of carbonyl (C=O) groups excluding carboxylic acids is 1. The molecule has 2 heterocycles. The van der Waals surface area contributed by atoms with Crippen LogP contribution in [0.15, 0.2) is 12.4 Å². The van der Waals surface area contributed by atoms with Crippen LogP contribution in [0.25, 0.3) is 0 Å². The normalized spacial score (nSPS) is 30.8. The first-order valence-corrected chi connectivity index (χ1v) is 8.93. The number of aryl methyl sites for hydroxylation is 1. The third kappa shape index (κ3) is 3.09. The molecule has 0 aromatic carbocycles. The molecule has 1 aromatic rings. The van der Waals surface area contributed by atoms with Gasteiger partial charge in [0.2, 0.25) is 0 Å². The van der Waals surface area contributed by atoms with Gasteiger partial charge in [-0.15, -0.1) is 0 Å². The number of hydrogen-bond donors (Lipinski definition) is 1. The molecule has 3 atom stereocenters. The largest absolute Gasteiger partial charge is 0.334 e. The summed E-state index contributed by atoms with van der Waals surface area (Å²) < 4.78 is 1.76. The molecule has 0 spiro atoms. The molecule has 1 N–H and O–H groups in total. The van der Waals surface area contributed by atoms with Crippen LogP contribution in [0, 0.1) is 11.8 Å². The quantitative estimate of drug-likeness (QED) is 0.918. The van der Waals surface area contributed by atoms with E-state index in [9.17, 15) is 4.79 Å². The molecule has 1 aromatic heterocycles. The van der Waals surface area contributed by atoms with E-state index in [1.165, 1.54) is 25.7 Å². The molecular formula is C17H27N5O. The Morgan fingerprint density at radius 1 is 1.26 bits per heavy atom. The van der Waals surface area contributed by atoms with E-state index in [1.807, 2.05) is 18.1 Å². The van der Waals surface area contributed by atoms with Crippen LogP contribution in [0.3, 0.4) is 0 Å². The van der Waals surface area contributed by atoms with Gasteiger partial charge in [0.05, 0.1) is 6.20 Å². The monoisotopic (exact) mass is 317 g/mol. The zero-order chi connectivity index (χ0) is 15.8. The smallest absolute Gasteiger partial charge is 0.317 e. The maximum atomic E-state index is 12.3. The molecule has 126 valence electrons. The third-order valence-electron chi connectivity index (χ3n) is 5.97. The van der Waals surface area contributed by atoms with Gasteiger partial charge in [0.25, 0.3) is 0 Å². The lowest BCUT2D eigenvalue weighted by Crippen LogP contribution is -2.55. The highest BCUT2D eigenvalue weighted by atomic mass is 16.2. The van der Waals surface area contributed by atoms with Crippen molar-refractivity contribution < 1.29 is 4.79 Å². The van der Waals surface area contributed by atoms with Gasteiger partial charge in [0, 0.05) is 57.6 Å². The Labute approximate surface area is 137 Å². The number of hydrogen-bond acceptors (Lipinski definition) is 3. The standard InChI is InChI=1S/C17H27N5O/c1-20-12-14(11-19-20)10-18-17(23)22-6-4-21(5-7-22)16-9-13-2-3-15(16)8-13/h11-13,15-16H,2-10H2,1H3,(H,18,23)/t13-,15-,16-/m0/s1. The Bertz CT molecular complexity index is 563. The van der Waals surface area contributed by atoms with E-state index in [1.54, 1.807) is 10.9 Å². The van der Waals surface area contributed by atoms with Gasteiger partial charge in [0.1, 0.15) is 0 Å². The van der Waals surface area contributed by atoms with Crippen molar-refractivity contribution in [1.82, 2.24) is 24.9 Å². The Morgan fingerprint density at radius 3 is 2.70 bits per heavy atom. The molecule has 1 saturated heterocycles. The van der Waals surface area contributed by atoms with Gasteiger partial charge in [-0.25, -0.2) is 4.79 Å². The zero-order valence-corrected chi connectivity index (χ0v) is 13.9. The number of fused-ring (bicyclic) bond motifs is 2. The van der Waals surface area contributed by atoms with Crippen LogP contribution in [0.1, 0.15) is 31.2 Å². The van der Waals surface area contributed by atoms with Crippen LogP contribution < -0.4 is 5.32 Å². The number of nitrogens with one attached hydrogen (secondary N) is 1. The number of rotatable bonds is 3. The summed E-state index contributed by atoms with van der Waals surface area (Å²) >= 11 is 0. The molecule has 2 saturated carbocycles. The summed E-state index contributed by atoms with van der Waals surface area (Å²) in [5, 5.41) is 7.13. The third-order valence-corrected chi connectivity index (χ3v) is 5.97. The highest BCUT2D eigenvalue weighted by Gasteiger charge is 2.42. The van der Waals surface area contributed by atoms with Crippen molar-refractivity contribution in [2.24, 2.45) is 18.9 Å². The van der Waals surface area contributed by atoms with E-state index in [0.717, 1.165) is 49.6 Å². The van der Waals surface area contributed by atoms with Crippen LogP contribution in [0.4, 0.5) is 4.79 Å². The average molecular weight is 317 g/mol. The van der Waals surface area contributed by atoms with Crippen molar-refractivity contribution in [2.45, 2.75) is 38.3 Å². The van der Waals surface area contributed by atoms with Crippen LogP contribution >= 0.6 is 0 Å². The van der Waals surface area contributed by atoms with Crippen LogP contribution in [-0.2, 0) is 13.6 Å². The number of amides is 2. The predicted octanol–water partition coefficient (Wildman–Crippen LogP) is 1.44. The topological polar surface area (TPSA) is 53.4 Å². The summed E-state index contributed by atoms with van der Waals surface area (Å²) in [6, 6.07) is 0.857. The fraction of sp³-hybridized carbons (Fsp3) is 0.765. The van der Waals surface area contributed by atoms with Crippen LogP contribution in [0.5, 0.6) is 0 Å². The molecule has 6 heteroatoms. The lowest BCUT2D eigenvalue weighted by atomic mass is 9.93. The maximum Gasteiger partial charge on any atom is 0.317 e. The number of aromatic nitrogens is 2. The first-order chi connectivity index (χ1) is 11.2. The second-order valence-corrected chi connectivity index (χ2v) is 7.45. The second-order valence-electron chi connectivity index (χ2n) is 7.45. The highest BCUT2D eigenvalue weighted by molar-refractivity contribution is 5.74. The Morgan fingerprint density at radius 2 is 2.09 bits per heavy atom. The van der Waals surface area contributed by atoms with Crippen molar-refractivity contribution in [3.8, 4) is 0 Å². The van der Waals surface area contributed by atoms with Crippen molar-refractivity contribution in [3.63, 3.8) is 0 Å². The average Bonchev–Trinajstić information content (AvgIpc) is 3.29. The van der Waals surface area contributed by atoms with E-state index in [2.05, 4.69) is 15.3 Å². The first-order valence-electron chi connectivity index (χ1n) is 8.93. The van der Waals surface area contributed by atoms with Crippen molar-refractivity contribution in [2.75, 3.05) is 26.2 Å². The molecular weight excluding hydrogens is 290 g/mol. The van der Waals surface area contributed by atoms with Gasteiger partial charge >= 0.3 is 6.03 Å². The van der Waals surface area contributed by atoms with Crippen LogP contribution in [0.2, 0.25) is 0 Å². The Hall–Kier alpha value is -1.56. The van der Waals surface area contributed by atoms with Gasteiger partial charge < -0.3 is 10.2 Å². The summed E-state index contributed by atoms with van der Waals surface area (Å²) in [4.78, 5) is 16.9. The van der Waals surface area contributed by atoms with Crippen molar-refractivity contribution >= 4 is 6.03 Å². The molecule has 3 aliphatic rings. The van der Waals surface area contributed by atoms with Crippen LogP contribution in [-0.4, -0.2) is 57.8 Å². The second kappa shape index (κ2) is 6.15. The number of nitrogens with zero attached hydrogens (tertiary/aromatic N) is 4. The van der Waals surface area contributed by atoms with Gasteiger partial charge in [-0.2, -0.15) is 5.10 Å². The van der Waals surface area contributed by atoms with Crippen molar-refractivity contribution in [1.29, 1.82) is 0 Å². The molecule has 3 fully saturated rings. The van der Waals surface area contributed by atoms with Gasteiger partial charge in [-0.1, -0.05) is 6.42 Å². The molecule has 2 aliphatic carbocycles. The van der Waals surface area contributed by atoms with E-state index in [-0.39, 0.29) is 6.03 Å². The van der Waals surface area contributed by atoms with E-state index in [0.29, 0.717) is 6.54 Å². The predicted molar refractivity (Wildman–Crippen MR) is 87.8 cm³/mol. The summed E-state index contributed by atoms with van der Waals surface area (Å²) in [6.07, 6.45) is 9.48. The highest BCUT2D eigenvalue weighted by Crippen LogP contribution is 2.46. The minimum atomic E-state index is 0.0569. The Kier molecular flexibility index (Phi) is 4.01. The summed E-state index contributed by atoms with van der Waals surface area (Å²) in [5.41, 5.74) is 1.04. The number of piperazine rings is 1. The summed E-state index contributed by atoms with van der Waals surface area (Å²) in [5.74, 6) is 1.93. The molecule has 2 amide bonds. The SMILES string of the molecule is Cn1cc(CNC(=O)N2CCN([C@H]3C[C@H]4CC[C@H]3C4)CC2)cn1. The molecule has 6 nitrogen and oxygen atoms in total. The molecule has 2 bridgehead atoms. The van der Waals surface area contributed by atoms with Gasteiger partial charge in [-0.3, -0.25) is 9.58 Å². The fourth-order valence-electron chi connectivity index (χ4n) is 4.77. The van der Waals surface area contributed by atoms with E-state index in [4.69, 9.17) is 0 Å². The lowest BCUT2D eigenvalue weighted by molar-refractivity contribution is 0.0826. The number of urea groups is 1. The van der Waals surface area contributed by atoms with Gasteiger partial charge in [0.15, 0.2) is 0 Å². The van der Waals surface area contributed by atoms with Crippen molar-refractivity contribution in [3.05, 3.63) is 18.0 Å². The van der Waals surface area contributed by atoms with Gasteiger partial charge in [-0.05, 0) is 31.1 Å². The molecule has 0 radical (unpaired) electrons. The number of carbonyl (C=O) groups is 1. The molecule has 1 aliphatic heterocycles. The first kappa shape index (κ1) is 15.0.